The van der Waals surface area contributed by atoms with Crippen molar-refractivity contribution in [3.05, 3.63) is 16.1 Å². The normalized spacial score (nSPS) is 19.2. The van der Waals surface area contributed by atoms with Crippen molar-refractivity contribution in [2.45, 2.75) is 25.8 Å². The predicted octanol–water partition coefficient (Wildman–Crippen LogP) is 2.32. The molecule has 1 aliphatic rings. The van der Waals surface area contributed by atoms with Gasteiger partial charge in [-0.3, -0.25) is 0 Å². The van der Waals surface area contributed by atoms with Crippen LogP contribution < -0.4 is 5.32 Å². The van der Waals surface area contributed by atoms with Crippen LogP contribution >= 0.6 is 28.3 Å². The van der Waals surface area contributed by atoms with Crippen LogP contribution in [0.1, 0.15) is 41.3 Å². The van der Waals surface area contributed by atoms with Gasteiger partial charge < -0.3 is 10.1 Å². The van der Waals surface area contributed by atoms with Gasteiger partial charge in [0.2, 0.25) is 0 Å². The molecule has 0 unspecified atom stereocenters. The molecule has 90 valence electrons. The number of ether oxygens (including phenoxy) is 1. The predicted molar refractivity (Wildman–Crippen MR) is 68.4 cm³/mol. The van der Waals surface area contributed by atoms with Gasteiger partial charge in [0.15, 0.2) is 5.69 Å². The zero-order valence-electron chi connectivity index (χ0n) is 9.06. The molecule has 2 rings (SSSR count). The zero-order valence-corrected chi connectivity index (χ0v) is 11.6. The highest BCUT2D eigenvalue weighted by Gasteiger charge is 2.21. The fourth-order valence-electron chi connectivity index (χ4n) is 1.64. The Morgan fingerprint density at radius 1 is 1.75 bits per heavy atom. The van der Waals surface area contributed by atoms with Crippen LogP contribution in [0.25, 0.3) is 0 Å². The summed E-state index contributed by atoms with van der Waals surface area (Å²) in [5.41, 5.74) is 0.436. The van der Waals surface area contributed by atoms with Crippen LogP contribution in [0, 0.1) is 0 Å². The maximum Gasteiger partial charge on any atom is 0.357 e. The van der Waals surface area contributed by atoms with E-state index in [1.807, 2.05) is 0 Å². The lowest BCUT2D eigenvalue weighted by Crippen LogP contribution is -2.13. The lowest BCUT2D eigenvalue weighted by Gasteiger charge is -2.04. The van der Waals surface area contributed by atoms with Crippen LogP contribution in [0.3, 0.4) is 0 Å². The fraction of sp³-hybridized carbons (Fsp3) is 0.600. The van der Waals surface area contributed by atoms with Crippen molar-refractivity contribution in [3.63, 3.8) is 0 Å². The van der Waals surface area contributed by atoms with E-state index in [1.54, 1.807) is 12.3 Å². The quantitative estimate of drug-likeness (QED) is 0.871. The molecule has 16 heavy (non-hydrogen) atoms. The molecule has 0 bridgehead atoms. The van der Waals surface area contributed by atoms with Crippen molar-refractivity contribution in [2.75, 3.05) is 13.2 Å². The third-order valence-corrected chi connectivity index (χ3v) is 3.32. The number of halogens is 1. The first-order chi connectivity index (χ1) is 7.31. The Morgan fingerprint density at radius 2 is 2.56 bits per heavy atom. The zero-order chi connectivity index (χ0) is 10.7. The highest BCUT2D eigenvalue weighted by atomic mass is 79.9. The number of nitrogens with zero attached hydrogens (tertiary/aromatic N) is 1. The lowest BCUT2D eigenvalue weighted by atomic mass is 10.2. The number of carbonyl (C=O) groups is 1. The van der Waals surface area contributed by atoms with Gasteiger partial charge in [0.1, 0.15) is 5.01 Å². The summed E-state index contributed by atoms with van der Waals surface area (Å²) >= 11 is 1.53. The van der Waals surface area contributed by atoms with Crippen molar-refractivity contribution in [2.24, 2.45) is 0 Å². The van der Waals surface area contributed by atoms with E-state index >= 15 is 0 Å². The molecule has 0 spiro atoms. The van der Waals surface area contributed by atoms with E-state index < -0.39 is 0 Å². The molecule has 4 nitrogen and oxygen atoms in total. The summed E-state index contributed by atoms with van der Waals surface area (Å²) in [5, 5.41) is 6.12. The summed E-state index contributed by atoms with van der Waals surface area (Å²) in [6.07, 6.45) is 2.29. The minimum absolute atomic E-state index is 0. The maximum absolute atomic E-state index is 11.4. The minimum atomic E-state index is -0.321. The van der Waals surface area contributed by atoms with E-state index in [-0.39, 0.29) is 23.0 Å². The van der Waals surface area contributed by atoms with Crippen LogP contribution in [0.5, 0.6) is 0 Å². The van der Waals surface area contributed by atoms with E-state index in [2.05, 4.69) is 10.3 Å². The number of hydrogen-bond donors (Lipinski definition) is 1. The van der Waals surface area contributed by atoms with E-state index in [0.29, 0.717) is 18.3 Å². The van der Waals surface area contributed by atoms with Gasteiger partial charge in [-0.15, -0.1) is 28.3 Å². The standard InChI is InChI=1S/C10H14N2O2S.BrH/c1-2-14-10(13)8-6-15-9(12-8)7-4-3-5-11-7;/h6-7,11H,2-5H2,1H3;1H/t7-;/m1./s1. The maximum atomic E-state index is 11.4. The Hall–Kier alpha value is -0.460. The molecule has 0 saturated carbocycles. The first kappa shape index (κ1) is 13.6. The van der Waals surface area contributed by atoms with Gasteiger partial charge in [-0.1, -0.05) is 0 Å². The van der Waals surface area contributed by atoms with E-state index in [1.165, 1.54) is 17.8 Å². The summed E-state index contributed by atoms with van der Waals surface area (Å²) in [6, 6.07) is 0.332. The molecule has 1 saturated heterocycles. The van der Waals surface area contributed by atoms with E-state index in [9.17, 15) is 4.79 Å². The molecule has 1 aliphatic heterocycles. The Morgan fingerprint density at radius 3 is 3.19 bits per heavy atom. The second-order valence-corrected chi connectivity index (χ2v) is 4.33. The molecule has 0 radical (unpaired) electrons. The molecular formula is C10H15BrN2O2S. The van der Waals surface area contributed by atoms with Crippen LogP contribution in [-0.2, 0) is 4.74 Å². The number of aromatic nitrogens is 1. The van der Waals surface area contributed by atoms with Gasteiger partial charge >= 0.3 is 5.97 Å². The molecule has 2 heterocycles. The summed E-state index contributed by atoms with van der Waals surface area (Å²) < 4.78 is 4.89. The highest BCUT2D eigenvalue weighted by molar-refractivity contribution is 8.93. The molecule has 1 aromatic heterocycles. The second-order valence-electron chi connectivity index (χ2n) is 3.44. The number of rotatable bonds is 3. The SMILES string of the molecule is Br.CCOC(=O)c1csc([C@H]2CCCN2)n1. The van der Waals surface area contributed by atoms with Crippen LogP contribution in [0.15, 0.2) is 5.38 Å². The summed E-state index contributed by atoms with van der Waals surface area (Å²) in [5.74, 6) is -0.321. The van der Waals surface area contributed by atoms with Crippen LogP contribution in [0.2, 0.25) is 0 Å². The molecule has 1 aromatic rings. The molecule has 0 aliphatic carbocycles. The van der Waals surface area contributed by atoms with E-state index in [4.69, 9.17) is 4.74 Å². The first-order valence-electron chi connectivity index (χ1n) is 5.17. The van der Waals surface area contributed by atoms with Crippen molar-refractivity contribution in [3.8, 4) is 0 Å². The van der Waals surface area contributed by atoms with Crippen molar-refractivity contribution in [1.82, 2.24) is 10.3 Å². The van der Waals surface area contributed by atoms with Gasteiger partial charge in [-0.05, 0) is 26.3 Å². The third kappa shape index (κ3) is 3.02. The molecule has 0 aromatic carbocycles. The van der Waals surface area contributed by atoms with Gasteiger partial charge in [-0.25, -0.2) is 9.78 Å². The number of thiazole rings is 1. The topological polar surface area (TPSA) is 51.2 Å². The first-order valence-corrected chi connectivity index (χ1v) is 6.05. The van der Waals surface area contributed by atoms with Crippen molar-refractivity contribution >= 4 is 34.3 Å². The molecule has 1 atom stereocenters. The lowest BCUT2D eigenvalue weighted by molar-refractivity contribution is 0.0520. The molecule has 0 amide bonds. The summed E-state index contributed by atoms with van der Waals surface area (Å²) in [6.45, 7) is 3.23. The largest absolute Gasteiger partial charge is 0.461 e. The van der Waals surface area contributed by atoms with Gasteiger partial charge in [0, 0.05) is 5.38 Å². The van der Waals surface area contributed by atoms with Crippen LogP contribution in [0.4, 0.5) is 0 Å². The molecule has 6 heteroatoms. The summed E-state index contributed by atoms with van der Waals surface area (Å²) in [7, 11) is 0. The monoisotopic (exact) mass is 306 g/mol. The average molecular weight is 307 g/mol. The smallest absolute Gasteiger partial charge is 0.357 e. The van der Waals surface area contributed by atoms with Crippen molar-refractivity contribution in [1.29, 1.82) is 0 Å². The summed E-state index contributed by atoms with van der Waals surface area (Å²) in [4.78, 5) is 15.7. The van der Waals surface area contributed by atoms with E-state index in [0.717, 1.165) is 18.0 Å². The third-order valence-electron chi connectivity index (χ3n) is 2.36. The van der Waals surface area contributed by atoms with Gasteiger partial charge in [-0.2, -0.15) is 0 Å². The molecular weight excluding hydrogens is 292 g/mol. The molecule has 1 N–H and O–H groups in total. The number of nitrogens with one attached hydrogen (secondary N) is 1. The number of esters is 1. The second kappa shape index (κ2) is 6.32. The van der Waals surface area contributed by atoms with Crippen molar-refractivity contribution < 1.29 is 9.53 Å². The van der Waals surface area contributed by atoms with Crippen LogP contribution in [-0.4, -0.2) is 24.1 Å². The highest BCUT2D eigenvalue weighted by Crippen LogP contribution is 2.25. The fourth-order valence-corrected chi connectivity index (χ4v) is 2.54. The molecule has 1 fully saturated rings. The number of hydrogen-bond acceptors (Lipinski definition) is 5. The van der Waals surface area contributed by atoms with Gasteiger partial charge in [0.25, 0.3) is 0 Å². The number of carbonyl (C=O) groups excluding carboxylic acids is 1. The Bertz CT molecular complexity index is 350. The Labute approximate surface area is 109 Å². The Kier molecular flexibility index (Phi) is 5.37. The Balaban J connectivity index is 0.00000128. The minimum Gasteiger partial charge on any atom is -0.461 e. The average Bonchev–Trinajstić information content (AvgIpc) is 2.89. The van der Waals surface area contributed by atoms with Gasteiger partial charge in [0.05, 0.1) is 12.6 Å².